The van der Waals surface area contributed by atoms with Crippen molar-refractivity contribution < 1.29 is 13.9 Å². The molecule has 1 amide bonds. The number of amides is 1. The van der Waals surface area contributed by atoms with E-state index in [0.717, 1.165) is 57.2 Å². The van der Waals surface area contributed by atoms with E-state index in [1.807, 2.05) is 24.3 Å². The fraction of sp³-hybridized carbons (Fsp3) is 0.364. The lowest BCUT2D eigenvalue weighted by Gasteiger charge is -2.26. The molecule has 1 saturated heterocycles. The molecule has 0 radical (unpaired) electrons. The number of morpholine rings is 1. The Balaban J connectivity index is 1.29. The van der Waals surface area contributed by atoms with Crippen LogP contribution in [-0.4, -0.2) is 56.4 Å². The summed E-state index contributed by atoms with van der Waals surface area (Å²) < 4.78 is 19.4. The molecule has 2 N–H and O–H groups in total. The summed E-state index contributed by atoms with van der Waals surface area (Å²) in [4.78, 5) is 18.9. The van der Waals surface area contributed by atoms with E-state index in [2.05, 4.69) is 20.5 Å². The Morgan fingerprint density at radius 3 is 2.79 bits per heavy atom. The Bertz CT molecular complexity index is 879. The van der Waals surface area contributed by atoms with Gasteiger partial charge in [0.25, 0.3) is 0 Å². The van der Waals surface area contributed by atoms with Crippen LogP contribution in [0.2, 0.25) is 0 Å². The second-order valence-corrected chi connectivity index (χ2v) is 7.23. The number of anilines is 2. The molecule has 4 rings (SSSR count). The van der Waals surface area contributed by atoms with E-state index in [4.69, 9.17) is 4.74 Å². The number of fused-ring (bicyclic) bond motifs is 1. The molecule has 0 spiro atoms. The van der Waals surface area contributed by atoms with E-state index in [-0.39, 0.29) is 5.91 Å². The summed E-state index contributed by atoms with van der Waals surface area (Å²) in [6, 6.07) is 12.3. The van der Waals surface area contributed by atoms with Gasteiger partial charge in [0.15, 0.2) is 0 Å². The molecule has 6 nitrogen and oxygen atoms in total. The van der Waals surface area contributed by atoms with Gasteiger partial charge in [-0.15, -0.1) is 0 Å². The molecule has 29 heavy (non-hydrogen) atoms. The van der Waals surface area contributed by atoms with Gasteiger partial charge in [0.2, 0.25) is 5.91 Å². The van der Waals surface area contributed by atoms with Crippen LogP contribution in [0.25, 0.3) is 0 Å². The Kier molecular flexibility index (Phi) is 6.17. The third-order valence-corrected chi connectivity index (χ3v) is 5.23. The second kappa shape index (κ2) is 9.15. The number of nitrogens with one attached hydrogen (secondary N) is 2. The van der Waals surface area contributed by atoms with Crippen molar-refractivity contribution in [2.24, 2.45) is 4.99 Å². The highest BCUT2D eigenvalue weighted by Crippen LogP contribution is 2.33. The summed E-state index contributed by atoms with van der Waals surface area (Å²) in [5.41, 5.74) is 2.63. The Labute approximate surface area is 169 Å². The van der Waals surface area contributed by atoms with Crippen molar-refractivity contribution >= 4 is 29.2 Å². The number of hydrogen-bond acceptors (Lipinski definition) is 5. The van der Waals surface area contributed by atoms with Crippen LogP contribution < -0.4 is 10.6 Å². The highest BCUT2D eigenvalue weighted by molar-refractivity contribution is 6.12. The lowest BCUT2D eigenvalue weighted by molar-refractivity contribution is -0.115. The highest BCUT2D eigenvalue weighted by Gasteiger charge is 2.31. The van der Waals surface area contributed by atoms with E-state index >= 15 is 0 Å². The number of hydrogen-bond donors (Lipinski definition) is 2. The Morgan fingerprint density at radius 1 is 1.21 bits per heavy atom. The molecular weight excluding hydrogens is 371 g/mol. The first-order valence-electron chi connectivity index (χ1n) is 9.98. The summed E-state index contributed by atoms with van der Waals surface area (Å²) in [6.07, 6.45) is 2.58. The second-order valence-electron chi connectivity index (χ2n) is 7.23. The van der Waals surface area contributed by atoms with Crippen molar-refractivity contribution in [1.82, 2.24) is 4.90 Å². The molecular formula is C22H25FN4O2. The highest BCUT2D eigenvalue weighted by atomic mass is 19.1. The van der Waals surface area contributed by atoms with Crippen LogP contribution in [-0.2, 0) is 9.53 Å². The third kappa shape index (κ3) is 4.81. The lowest BCUT2D eigenvalue weighted by atomic mass is 10.0. The number of nitrogens with zero attached hydrogens (tertiary/aromatic N) is 2. The summed E-state index contributed by atoms with van der Waals surface area (Å²) in [5, 5.41) is 6.11. The maximum Gasteiger partial charge on any atom is 0.237 e. The molecule has 1 unspecified atom stereocenters. The van der Waals surface area contributed by atoms with Crippen LogP contribution in [0.5, 0.6) is 0 Å². The van der Waals surface area contributed by atoms with Crippen molar-refractivity contribution in [2.75, 3.05) is 50.0 Å². The monoisotopic (exact) mass is 396 g/mol. The van der Waals surface area contributed by atoms with E-state index in [1.54, 1.807) is 12.1 Å². The molecule has 7 heteroatoms. The van der Waals surface area contributed by atoms with E-state index < -0.39 is 11.7 Å². The number of benzene rings is 2. The third-order valence-electron chi connectivity index (χ3n) is 5.23. The number of carbonyl (C=O) groups excluding carboxylic acids is 1. The van der Waals surface area contributed by atoms with Gasteiger partial charge in [-0.2, -0.15) is 0 Å². The Morgan fingerprint density at radius 2 is 2.00 bits per heavy atom. The minimum atomic E-state index is -0.704. The topological polar surface area (TPSA) is 66.0 Å². The molecule has 2 aromatic rings. The molecule has 152 valence electrons. The summed E-state index contributed by atoms with van der Waals surface area (Å²) >= 11 is 0. The molecule has 0 aliphatic carbocycles. The van der Waals surface area contributed by atoms with Gasteiger partial charge in [-0.1, -0.05) is 6.07 Å². The minimum absolute atomic E-state index is 0.257. The van der Waals surface area contributed by atoms with Gasteiger partial charge in [-0.3, -0.25) is 14.7 Å². The first-order valence-corrected chi connectivity index (χ1v) is 9.98. The molecule has 2 aromatic carbocycles. The van der Waals surface area contributed by atoms with Gasteiger partial charge in [-0.05, 0) is 49.4 Å². The van der Waals surface area contributed by atoms with Gasteiger partial charge in [0.1, 0.15) is 11.7 Å². The van der Waals surface area contributed by atoms with Crippen molar-refractivity contribution in [1.29, 1.82) is 0 Å². The molecule has 2 aliphatic rings. The average Bonchev–Trinajstić information content (AvgIpc) is 3.07. The number of carbonyl (C=O) groups is 1. The zero-order valence-electron chi connectivity index (χ0n) is 16.2. The first-order chi connectivity index (χ1) is 14.2. The number of rotatable bonds is 7. The smallest absolute Gasteiger partial charge is 0.237 e. The number of halogens is 1. The average molecular weight is 396 g/mol. The lowest BCUT2D eigenvalue weighted by Crippen LogP contribution is -2.37. The quantitative estimate of drug-likeness (QED) is 0.556. The maximum absolute atomic E-state index is 14.1. The summed E-state index contributed by atoms with van der Waals surface area (Å²) in [6.45, 7) is 5.66. The SMILES string of the molecule is O=C1Nc2cccc(F)c2C1C=Nc1ccc(NCCCN2CCOCC2)cc1. The standard InChI is InChI=1S/C22H25FN4O2/c23-19-3-1-4-20-21(19)18(22(28)26-20)15-25-17-7-5-16(6-8-17)24-9-2-10-27-11-13-29-14-12-27/h1,3-8,15,18,24H,2,9-14H2,(H,26,28). The predicted molar refractivity (Wildman–Crippen MR) is 113 cm³/mol. The molecule has 0 saturated carbocycles. The van der Waals surface area contributed by atoms with E-state index in [1.165, 1.54) is 12.3 Å². The summed E-state index contributed by atoms with van der Waals surface area (Å²) in [5.74, 6) is -1.36. The van der Waals surface area contributed by atoms with Crippen molar-refractivity contribution in [3.8, 4) is 0 Å². The van der Waals surface area contributed by atoms with E-state index in [9.17, 15) is 9.18 Å². The van der Waals surface area contributed by atoms with Gasteiger partial charge in [-0.25, -0.2) is 4.39 Å². The molecule has 1 fully saturated rings. The van der Waals surface area contributed by atoms with Crippen molar-refractivity contribution in [2.45, 2.75) is 12.3 Å². The molecule has 0 bridgehead atoms. The van der Waals surface area contributed by atoms with Crippen LogP contribution in [0.15, 0.2) is 47.5 Å². The van der Waals surface area contributed by atoms with Gasteiger partial charge < -0.3 is 15.4 Å². The Hall–Kier alpha value is -2.77. The molecule has 2 heterocycles. The normalized spacial score (nSPS) is 19.3. The minimum Gasteiger partial charge on any atom is -0.385 e. The molecule has 1 atom stereocenters. The van der Waals surface area contributed by atoms with Crippen LogP contribution in [0.4, 0.5) is 21.5 Å². The van der Waals surface area contributed by atoms with Gasteiger partial charge >= 0.3 is 0 Å². The van der Waals surface area contributed by atoms with Crippen LogP contribution in [0.1, 0.15) is 17.9 Å². The van der Waals surface area contributed by atoms with Crippen molar-refractivity contribution in [3.05, 3.63) is 53.8 Å². The first kappa shape index (κ1) is 19.5. The number of ether oxygens (including phenoxy) is 1. The zero-order valence-corrected chi connectivity index (χ0v) is 16.2. The van der Waals surface area contributed by atoms with E-state index in [0.29, 0.717) is 11.3 Å². The van der Waals surface area contributed by atoms with Crippen molar-refractivity contribution in [3.63, 3.8) is 0 Å². The molecule has 0 aromatic heterocycles. The van der Waals surface area contributed by atoms with Gasteiger partial charge in [0, 0.05) is 42.8 Å². The van der Waals surface area contributed by atoms with Gasteiger partial charge in [0.05, 0.1) is 18.9 Å². The molecule has 2 aliphatic heterocycles. The number of aliphatic imine (C=N–C) groups is 1. The fourth-order valence-corrected chi connectivity index (χ4v) is 3.63. The summed E-state index contributed by atoms with van der Waals surface area (Å²) in [7, 11) is 0. The van der Waals surface area contributed by atoms with Crippen LogP contribution in [0, 0.1) is 5.82 Å². The zero-order chi connectivity index (χ0) is 20.1. The largest absolute Gasteiger partial charge is 0.385 e. The maximum atomic E-state index is 14.1. The predicted octanol–water partition coefficient (Wildman–Crippen LogP) is 3.40. The fourth-order valence-electron chi connectivity index (χ4n) is 3.63. The van der Waals surface area contributed by atoms with Crippen LogP contribution >= 0.6 is 0 Å². The van der Waals surface area contributed by atoms with Crippen LogP contribution in [0.3, 0.4) is 0 Å².